The summed E-state index contributed by atoms with van der Waals surface area (Å²) in [6.45, 7) is 2.87. The van der Waals surface area contributed by atoms with E-state index in [2.05, 4.69) is 12.0 Å². The van der Waals surface area contributed by atoms with Gasteiger partial charge in [0, 0.05) is 11.9 Å². The van der Waals surface area contributed by atoms with Crippen LogP contribution in [0.1, 0.15) is 22.3 Å². The smallest absolute Gasteiger partial charge is 0.178 e. The number of benzene rings is 1. The summed E-state index contributed by atoms with van der Waals surface area (Å²) in [5, 5.41) is 7.56. The number of thiophene rings is 1. The van der Waals surface area contributed by atoms with Gasteiger partial charge >= 0.3 is 0 Å². The highest BCUT2D eigenvalue weighted by atomic mass is 32.1. The van der Waals surface area contributed by atoms with Crippen LogP contribution in [0.25, 0.3) is 10.9 Å². The molecule has 0 aliphatic carbocycles. The highest BCUT2D eigenvalue weighted by Crippen LogP contribution is 2.21. The molecule has 96 valence electrons. The summed E-state index contributed by atoms with van der Waals surface area (Å²) in [6, 6.07) is 11.8. The molecule has 0 amide bonds. The van der Waals surface area contributed by atoms with Gasteiger partial charge in [0.05, 0.1) is 22.5 Å². The standard InChI is InChI=1S/C15H14N2OS/c1-2-17-13-7-4-3-6-11(13)12(16-17)10-14(18)15-8-5-9-19-15/h3-9H,2,10H2,1H3. The van der Waals surface area contributed by atoms with E-state index in [0.29, 0.717) is 6.42 Å². The average Bonchev–Trinajstić information content (AvgIpc) is 3.07. The molecular weight excluding hydrogens is 256 g/mol. The van der Waals surface area contributed by atoms with Gasteiger partial charge in [-0.2, -0.15) is 5.10 Å². The van der Waals surface area contributed by atoms with E-state index in [1.165, 1.54) is 11.3 Å². The van der Waals surface area contributed by atoms with Crippen molar-refractivity contribution in [3.8, 4) is 0 Å². The Hall–Kier alpha value is -1.94. The van der Waals surface area contributed by atoms with Crippen LogP contribution >= 0.6 is 11.3 Å². The lowest BCUT2D eigenvalue weighted by Crippen LogP contribution is -2.03. The maximum atomic E-state index is 12.2. The van der Waals surface area contributed by atoms with Crippen LogP contribution in [0.4, 0.5) is 0 Å². The Bertz CT molecular complexity index is 713. The van der Waals surface area contributed by atoms with E-state index >= 15 is 0 Å². The maximum absolute atomic E-state index is 12.2. The first-order chi connectivity index (χ1) is 9.29. The Morgan fingerprint density at radius 2 is 2.11 bits per heavy atom. The molecule has 19 heavy (non-hydrogen) atoms. The first-order valence-corrected chi connectivity index (χ1v) is 7.18. The predicted molar refractivity (Wildman–Crippen MR) is 77.8 cm³/mol. The summed E-state index contributed by atoms with van der Waals surface area (Å²) in [5.41, 5.74) is 1.97. The van der Waals surface area contributed by atoms with E-state index in [9.17, 15) is 4.79 Å². The molecule has 2 aromatic heterocycles. The molecule has 3 nitrogen and oxygen atoms in total. The molecule has 0 aliphatic rings. The van der Waals surface area contributed by atoms with Gasteiger partial charge < -0.3 is 0 Å². The van der Waals surface area contributed by atoms with Crippen LogP contribution in [0.15, 0.2) is 41.8 Å². The van der Waals surface area contributed by atoms with Gasteiger partial charge in [-0.25, -0.2) is 0 Å². The van der Waals surface area contributed by atoms with Crippen molar-refractivity contribution in [2.24, 2.45) is 0 Å². The van der Waals surface area contributed by atoms with E-state index in [-0.39, 0.29) is 5.78 Å². The third-order valence-electron chi connectivity index (χ3n) is 3.16. The second-order valence-electron chi connectivity index (χ2n) is 4.36. The molecule has 0 N–H and O–H groups in total. The first kappa shape index (κ1) is 12.1. The average molecular weight is 270 g/mol. The molecule has 3 aromatic rings. The molecular formula is C15H14N2OS. The van der Waals surface area contributed by atoms with Crippen molar-refractivity contribution in [1.82, 2.24) is 9.78 Å². The number of ketones is 1. The fraction of sp³-hybridized carbons (Fsp3) is 0.200. The van der Waals surface area contributed by atoms with E-state index in [0.717, 1.165) is 28.0 Å². The van der Waals surface area contributed by atoms with Crippen molar-refractivity contribution < 1.29 is 4.79 Å². The summed E-state index contributed by atoms with van der Waals surface area (Å²) in [5.74, 6) is 0.140. The summed E-state index contributed by atoms with van der Waals surface area (Å²) in [7, 11) is 0. The molecule has 0 unspecified atom stereocenters. The van der Waals surface area contributed by atoms with Crippen molar-refractivity contribution in [3.63, 3.8) is 0 Å². The van der Waals surface area contributed by atoms with E-state index < -0.39 is 0 Å². The zero-order valence-electron chi connectivity index (χ0n) is 10.7. The van der Waals surface area contributed by atoms with Gasteiger partial charge in [0.25, 0.3) is 0 Å². The van der Waals surface area contributed by atoms with E-state index in [1.807, 2.05) is 46.5 Å². The van der Waals surface area contributed by atoms with Crippen molar-refractivity contribution >= 4 is 28.0 Å². The van der Waals surface area contributed by atoms with Crippen LogP contribution in [0.5, 0.6) is 0 Å². The SMILES string of the molecule is CCn1nc(CC(=O)c2cccs2)c2ccccc21. The molecule has 0 radical (unpaired) electrons. The number of rotatable bonds is 4. The summed E-state index contributed by atoms with van der Waals surface area (Å²) < 4.78 is 1.95. The predicted octanol–water partition coefficient (Wildman–Crippen LogP) is 3.54. The second-order valence-corrected chi connectivity index (χ2v) is 5.30. The zero-order chi connectivity index (χ0) is 13.2. The number of hydrogen-bond donors (Lipinski definition) is 0. The minimum atomic E-state index is 0.140. The van der Waals surface area contributed by atoms with Gasteiger partial charge in [-0.3, -0.25) is 9.48 Å². The van der Waals surface area contributed by atoms with Crippen LogP contribution in [-0.4, -0.2) is 15.6 Å². The van der Waals surface area contributed by atoms with E-state index in [4.69, 9.17) is 0 Å². The molecule has 0 bridgehead atoms. The fourth-order valence-electron chi connectivity index (χ4n) is 2.24. The molecule has 0 saturated heterocycles. The number of carbonyl (C=O) groups excluding carboxylic acids is 1. The topological polar surface area (TPSA) is 34.9 Å². The lowest BCUT2D eigenvalue weighted by molar-refractivity contribution is 0.0996. The number of nitrogens with zero attached hydrogens (tertiary/aromatic N) is 2. The summed E-state index contributed by atoms with van der Waals surface area (Å²) >= 11 is 1.48. The quantitative estimate of drug-likeness (QED) is 0.680. The van der Waals surface area contributed by atoms with Crippen LogP contribution in [0.3, 0.4) is 0 Å². The zero-order valence-corrected chi connectivity index (χ0v) is 11.5. The van der Waals surface area contributed by atoms with Gasteiger partial charge in [0.1, 0.15) is 0 Å². The Morgan fingerprint density at radius 3 is 2.84 bits per heavy atom. The van der Waals surface area contributed by atoms with Crippen molar-refractivity contribution in [2.45, 2.75) is 19.9 Å². The lowest BCUT2D eigenvalue weighted by Gasteiger charge is -1.95. The number of fused-ring (bicyclic) bond motifs is 1. The Kier molecular flexibility index (Phi) is 3.17. The van der Waals surface area contributed by atoms with Crippen LogP contribution in [-0.2, 0) is 13.0 Å². The van der Waals surface area contributed by atoms with Crippen LogP contribution < -0.4 is 0 Å². The van der Waals surface area contributed by atoms with Crippen LogP contribution in [0, 0.1) is 0 Å². The molecule has 0 atom stereocenters. The molecule has 1 aromatic carbocycles. The molecule has 2 heterocycles. The number of aromatic nitrogens is 2. The van der Waals surface area contributed by atoms with E-state index in [1.54, 1.807) is 0 Å². The van der Waals surface area contributed by atoms with Gasteiger partial charge in [-0.05, 0) is 24.4 Å². The minimum absolute atomic E-state index is 0.140. The largest absolute Gasteiger partial charge is 0.293 e. The third kappa shape index (κ3) is 2.19. The molecule has 0 aliphatic heterocycles. The van der Waals surface area contributed by atoms with Crippen molar-refractivity contribution in [3.05, 3.63) is 52.3 Å². The van der Waals surface area contributed by atoms with Gasteiger partial charge in [-0.15, -0.1) is 11.3 Å². The molecule has 4 heteroatoms. The highest BCUT2D eigenvalue weighted by molar-refractivity contribution is 7.12. The molecule has 0 spiro atoms. The number of hydrogen-bond acceptors (Lipinski definition) is 3. The minimum Gasteiger partial charge on any atom is -0.293 e. The second kappa shape index (κ2) is 4.97. The molecule has 0 fully saturated rings. The number of para-hydroxylation sites is 1. The highest BCUT2D eigenvalue weighted by Gasteiger charge is 2.14. The maximum Gasteiger partial charge on any atom is 0.178 e. The number of aryl methyl sites for hydroxylation is 1. The first-order valence-electron chi connectivity index (χ1n) is 6.30. The third-order valence-corrected chi connectivity index (χ3v) is 4.07. The molecule has 3 rings (SSSR count). The monoisotopic (exact) mass is 270 g/mol. The summed E-state index contributed by atoms with van der Waals surface area (Å²) in [4.78, 5) is 13.0. The lowest BCUT2D eigenvalue weighted by atomic mass is 10.1. The molecule has 0 saturated carbocycles. The van der Waals surface area contributed by atoms with Crippen molar-refractivity contribution in [2.75, 3.05) is 0 Å². The number of Topliss-reactive ketones (excluding diaryl/α,β-unsaturated/α-hetero) is 1. The normalized spacial score (nSPS) is 11.0. The summed E-state index contributed by atoms with van der Waals surface area (Å²) in [6.07, 6.45) is 0.369. The van der Waals surface area contributed by atoms with Gasteiger partial charge in [-0.1, -0.05) is 24.3 Å². The Labute approximate surface area is 115 Å². The van der Waals surface area contributed by atoms with Gasteiger partial charge in [0.2, 0.25) is 0 Å². The Morgan fingerprint density at radius 1 is 1.26 bits per heavy atom. The van der Waals surface area contributed by atoms with Gasteiger partial charge in [0.15, 0.2) is 5.78 Å². The number of carbonyl (C=O) groups is 1. The van der Waals surface area contributed by atoms with Crippen LogP contribution in [0.2, 0.25) is 0 Å². The van der Waals surface area contributed by atoms with Crippen molar-refractivity contribution in [1.29, 1.82) is 0 Å². The Balaban J connectivity index is 1.99. The fourth-order valence-corrected chi connectivity index (χ4v) is 2.91.